The number of H-pyrrole nitrogens is 1. The predicted molar refractivity (Wildman–Crippen MR) is 117 cm³/mol. The minimum Gasteiger partial charge on any atom is -0.361 e. The number of nitrogens with one attached hydrogen (secondary N) is 2. The normalized spacial score (nSPS) is 12.2. The highest BCUT2D eigenvalue weighted by atomic mass is 35.5. The molecule has 4 aromatic rings. The molecule has 0 unspecified atom stereocenters. The molecule has 0 aliphatic heterocycles. The molecule has 2 aromatic carbocycles. The largest absolute Gasteiger partial charge is 0.361 e. The molecule has 154 valence electrons. The Balaban J connectivity index is 1.38. The minimum absolute atomic E-state index is 0.0269. The van der Waals surface area contributed by atoms with Crippen LogP contribution in [0.5, 0.6) is 0 Å². The Labute approximate surface area is 183 Å². The smallest absolute Gasteiger partial charge is 0.220 e. The lowest BCUT2D eigenvalue weighted by molar-refractivity contribution is -0.121. The molecule has 0 aliphatic carbocycles. The Kier molecular flexibility index (Phi) is 6.30. The summed E-state index contributed by atoms with van der Waals surface area (Å²) in [6, 6.07) is 13.3. The number of benzene rings is 2. The maximum absolute atomic E-state index is 12.6. The van der Waals surface area contributed by atoms with Gasteiger partial charge < -0.3 is 10.3 Å². The lowest BCUT2D eigenvalue weighted by Gasteiger charge is -2.17. The summed E-state index contributed by atoms with van der Waals surface area (Å²) in [7, 11) is 0. The number of aromatic nitrogens is 5. The second-order valence-corrected chi connectivity index (χ2v) is 7.96. The topological polar surface area (TPSA) is 88.5 Å². The second kappa shape index (κ2) is 9.28. The van der Waals surface area contributed by atoms with Gasteiger partial charge in [-0.1, -0.05) is 35.3 Å². The van der Waals surface area contributed by atoms with E-state index in [9.17, 15) is 4.79 Å². The number of hydrogen-bond donors (Lipinski definition) is 2. The van der Waals surface area contributed by atoms with Gasteiger partial charge in [-0.3, -0.25) is 4.79 Å². The van der Waals surface area contributed by atoms with Gasteiger partial charge >= 0.3 is 0 Å². The number of halogens is 2. The molecule has 0 fully saturated rings. The third kappa shape index (κ3) is 4.98. The van der Waals surface area contributed by atoms with E-state index in [1.807, 2.05) is 48.7 Å². The van der Waals surface area contributed by atoms with Crippen molar-refractivity contribution in [3.05, 3.63) is 76.2 Å². The van der Waals surface area contributed by atoms with E-state index < -0.39 is 0 Å². The molecule has 2 aromatic heterocycles. The molecule has 7 nitrogen and oxygen atoms in total. The van der Waals surface area contributed by atoms with E-state index in [2.05, 4.69) is 25.8 Å². The van der Waals surface area contributed by atoms with E-state index in [0.717, 1.165) is 22.0 Å². The molecule has 4 rings (SSSR count). The lowest BCUT2D eigenvalue weighted by atomic mass is 9.95. The zero-order valence-corrected chi connectivity index (χ0v) is 17.6. The Morgan fingerprint density at radius 3 is 2.70 bits per heavy atom. The van der Waals surface area contributed by atoms with E-state index in [1.54, 1.807) is 11.0 Å². The number of hydrogen-bond acceptors (Lipinski definition) is 4. The average Bonchev–Trinajstić information content (AvgIpc) is 3.38. The van der Waals surface area contributed by atoms with Crippen LogP contribution < -0.4 is 5.32 Å². The van der Waals surface area contributed by atoms with Crippen LogP contribution in [0, 0.1) is 0 Å². The van der Waals surface area contributed by atoms with Gasteiger partial charge in [-0.25, -0.2) is 4.68 Å². The molecule has 2 heterocycles. The van der Waals surface area contributed by atoms with Crippen molar-refractivity contribution in [1.82, 2.24) is 30.5 Å². The standard InChI is InChI=1S/C21H20Cl2N6O/c22-17-3-1-14(2-4-17)16(12-29-13-26-27-28-29)9-21(30)24-8-7-15-11-25-20-6-5-18(23)10-19(15)20/h1-6,10-11,13,16,25H,7-9,12H2,(H,24,30)/t16-/m0/s1. The van der Waals surface area contributed by atoms with Gasteiger partial charge in [0.2, 0.25) is 5.91 Å². The van der Waals surface area contributed by atoms with Crippen molar-refractivity contribution in [2.24, 2.45) is 0 Å². The summed E-state index contributed by atoms with van der Waals surface area (Å²) in [6.45, 7) is 1.04. The number of rotatable bonds is 8. The summed E-state index contributed by atoms with van der Waals surface area (Å²) < 4.78 is 1.63. The summed E-state index contributed by atoms with van der Waals surface area (Å²) in [5, 5.41) is 16.7. The highest BCUT2D eigenvalue weighted by Gasteiger charge is 2.18. The van der Waals surface area contributed by atoms with E-state index in [1.165, 1.54) is 0 Å². The van der Waals surface area contributed by atoms with Crippen molar-refractivity contribution < 1.29 is 4.79 Å². The molecular formula is C21H20Cl2N6O. The fourth-order valence-electron chi connectivity index (χ4n) is 3.50. The number of tetrazole rings is 1. The Bertz CT molecular complexity index is 1120. The Morgan fingerprint density at radius 1 is 1.13 bits per heavy atom. The van der Waals surface area contributed by atoms with Crippen LogP contribution in [-0.4, -0.2) is 37.6 Å². The van der Waals surface area contributed by atoms with Crippen molar-refractivity contribution in [3.63, 3.8) is 0 Å². The number of carbonyl (C=O) groups is 1. The quantitative estimate of drug-likeness (QED) is 0.431. The predicted octanol–water partition coefficient (Wildman–Crippen LogP) is 3.99. The monoisotopic (exact) mass is 442 g/mol. The number of amides is 1. The average molecular weight is 443 g/mol. The summed E-state index contributed by atoms with van der Waals surface area (Å²) >= 11 is 12.1. The van der Waals surface area contributed by atoms with Crippen molar-refractivity contribution in [2.45, 2.75) is 25.3 Å². The molecular weight excluding hydrogens is 423 g/mol. The van der Waals surface area contributed by atoms with E-state index in [4.69, 9.17) is 23.2 Å². The van der Waals surface area contributed by atoms with Crippen LogP contribution in [0.3, 0.4) is 0 Å². The van der Waals surface area contributed by atoms with Crippen LogP contribution in [0.4, 0.5) is 0 Å². The second-order valence-electron chi connectivity index (χ2n) is 7.09. The van der Waals surface area contributed by atoms with Gasteiger partial charge in [0.1, 0.15) is 6.33 Å². The first kappa shape index (κ1) is 20.4. The molecule has 0 saturated heterocycles. The molecule has 0 saturated carbocycles. The van der Waals surface area contributed by atoms with Gasteiger partial charge in [0.15, 0.2) is 0 Å². The molecule has 1 amide bonds. The molecule has 0 bridgehead atoms. The summed E-state index contributed by atoms with van der Waals surface area (Å²) in [4.78, 5) is 15.9. The van der Waals surface area contributed by atoms with E-state index in [-0.39, 0.29) is 11.8 Å². The first-order chi connectivity index (χ1) is 14.6. The van der Waals surface area contributed by atoms with Crippen molar-refractivity contribution in [3.8, 4) is 0 Å². The third-order valence-electron chi connectivity index (χ3n) is 5.02. The lowest BCUT2D eigenvalue weighted by Crippen LogP contribution is -2.28. The van der Waals surface area contributed by atoms with Crippen LogP contribution in [0.15, 0.2) is 55.0 Å². The Morgan fingerprint density at radius 2 is 1.93 bits per heavy atom. The van der Waals surface area contributed by atoms with Crippen LogP contribution in [0.2, 0.25) is 10.0 Å². The van der Waals surface area contributed by atoms with Crippen molar-refractivity contribution in [2.75, 3.05) is 6.54 Å². The molecule has 0 aliphatic rings. The summed E-state index contributed by atoms with van der Waals surface area (Å²) in [6.07, 6.45) is 4.54. The maximum atomic E-state index is 12.6. The first-order valence-electron chi connectivity index (χ1n) is 9.57. The molecule has 9 heteroatoms. The van der Waals surface area contributed by atoms with Gasteiger partial charge in [-0.15, -0.1) is 5.10 Å². The van der Waals surface area contributed by atoms with Crippen molar-refractivity contribution in [1.29, 1.82) is 0 Å². The SMILES string of the molecule is O=C(C[C@@H](Cn1cnnn1)c1ccc(Cl)cc1)NCCc1c[nH]c2ccc(Cl)cc12. The highest BCUT2D eigenvalue weighted by molar-refractivity contribution is 6.31. The molecule has 2 N–H and O–H groups in total. The van der Waals surface area contributed by atoms with Crippen LogP contribution >= 0.6 is 23.2 Å². The number of carbonyl (C=O) groups excluding carboxylic acids is 1. The van der Waals surface area contributed by atoms with Gasteiger partial charge in [0.05, 0.1) is 6.54 Å². The van der Waals surface area contributed by atoms with E-state index in [0.29, 0.717) is 36.0 Å². The van der Waals surface area contributed by atoms with Crippen molar-refractivity contribution >= 4 is 40.0 Å². The molecule has 30 heavy (non-hydrogen) atoms. The summed E-state index contributed by atoms with van der Waals surface area (Å²) in [5.41, 5.74) is 3.16. The van der Waals surface area contributed by atoms with E-state index >= 15 is 0 Å². The number of nitrogens with zero attached hydrogens (tertiary/aromatic N) is 4. The molecule has 0 radical (unpaired) electrons. The highest BCUT2D eigenvalue weighted by Crippen LogP contribution is 2.24. The number of aromatic amines is 1. The van der Waals surface area contributed by atoms with Crippen LogP contribution in [0.1, 0.15) is 23.5 Å². The molecule has 1 atom stereocenters. The zero-order valence-electron chi connectivity index (χ0n) is 16.1. The van der Waals surface area contributed by atoms with Gasteiger partial charge in [0.25, 0.3) is 0 Å². The number of fused-ring (bicyclic) bond motifs is 1. The molecule has 0 spiro atoms. The van der Waals surface area contributed by atoms with Gasteiger partial charge in [-0.05, 0) is 58.3 Å². The maximum Gasteiger partial charge on any atom is 0.220 e. The minimum atomic E-state index is -0.0716. The fourth-order valence-corrected chi connectivity index (χ4v) is 3.80. The first-order valence-corrected chi connectivity index (χ1v) is 10.3. The third-order valence-corrected chi connectivity index (χ3v) is 5.51. The summed E-state index contributed by atoms with van der Waals surface area (Å²) in [5.74, 6) is -0.0986. The zero-order chi connectivity index (χ0) is 20.9. The fraction of sp³-hybridized carbons (Fsp3) is 0.238. The van der Waals surface area contributed by atoms with Gasteiger partial charge in [-0.2, -0.15) is 0 Å². The van der Waals surface area contributed by atoms with Crippen LogP contribution in [-0.2, 0) is 17.8 Å². The van der Waals surface area contributed by atoms with Gasteiger partial charge in [0, 0.05) is 46.0 Å². The van der Waals surface area contributed by atoms with Crippen LogP contribution in [0.25, 0.3) is 10.9 Å². The Hall–Kier alpha value is -2.90.